The van der Waals surface area contributed by atoms with E-state index in [4.69, 9.17) is 17.2 Å². The number of amides is 18. The number of aromatic amines is 2. The second-order valence-electron chi connectivity index (χ2n) is 32.8. The number of primary amides is 3. The number of hydrogen-bond acceptors (Lipinski definition) is 21. The van der Waals surface area contributed by atoms with Crippen molar-refractivity contribution < 1.29 is 96.5 Å². The lowest BCUT2D eigenvalue weighted by molar-refractivity contribution is -0.149. The van der Waals surface area contributed by atoms with E-state index in [1.165, 1.54) is 64.2 Å². The molecule has 40 nitrogen and oxygen atoms in total. The quantitative estimate of drug-likeness (QED) is 0.0349. The van der Waals surface area contributed by atoms with Crippen LogP contribution in [-0.4, -0.2) is 294 Å². The predicted molar refractivity (Wildman–Crippen MR) is 466 cm³/mol. The van der Waals surface area contributed by atoms with Crippen LogP contribution >= 0.6 is 11.8 Å². The zero-order valence-corrected chi connectivity index (χ0v) is 73.7. The summed E-state index contributed by atoms with van der Waals surface area (Å²) in [5.41, 5.74) is 19.5. The number of carbonyl (C=O) groups excluding carboxylic acids is 18. The maximum atomic E-state index is 15.6. The van der Waals surface area contributed by atoms with Gasteiger partial charge < -0.3 is 115 Å². The molecule has 18 amide bonds. The summed E-state index contributed by atoms with van der Waals surface area (Å²) >= 11 is 0.776. The fourth-order valence-corrected chi connectivity index (χ4v) is 16.6. The molecule has 5 heterocycles. The van der Waals surface area contributed by atoms with E-state index in [2.05, 4.69) is 63.1 Å². The monoisotopic (exact) mass is 1780 g/mol. The number of aromatic hydroxyl groups is 1. The molecule has 2 unspecified atom stereocenters. The molecule has 0 radical (unpaired) electrons. The minimum absolute atomic E-state index is 0.0253. The number of nitrogens with one attached hydrogen (secondary N) is 12. The molecular weight excluding hydrogens is 1670 g/mol. The average Bonchev–Trinajstić information content (AvgIpc) is 1.75. The number of carbonyl (C=O) groups is 18. The Hall–Kier alpha value is -12.7. The number of unbranched alkanes of at least 4 members (excludes halogenated alkanes) is 2. The molecule has 3 fully saturated rings. The Morgan fingerprint density at radius 3 is 1.52 bits per heavy atom. The Morgan fingerprint density at radius 2 is 0.969 bits per heavy atom. The molecule has 3 aliphatic rings. The van der Waals surface area contributed by atoms with E-state index in [-0.39, 0.29) is 89.0 Å². The summed E-state index contributed by atoms with van der Waals surface area (Å²) in [4.78, 5) is 271. The third-order valence-electron chi connectivity index (χ3n) is 22.9. The van der Waals surface area contributed by atoms with Crippen molar-refractivity contribution in [3.63, 3.8) is 0 Å². The van der Waals surface area contributed by atoms with E-state index < -0.39 is 228 Å². The first-order valence-electron chi connectivity index (χ1n) is 42.7. The van der Waals surface area contributed by atoms with Crippen molar-refractivity contribution >= 4 is 140 Å². The number of benzene rings is 3. The van der Waals surface area contributed by atoms with Gasteiger partial charge in [0, 0.05) is 93.4 Å². The van der Waals surface area contributed by atoms with Gasteiger partial charge in [0.15, 0.2) is 0 Å². The predicted octanol–water partition coefficient (Wildman–Crippen LogP) is -2.23. The van der Waals surface area contributed by atoms with Crippen molar-refractivity contribution in [3.05, 3.63) is 102 Å². The van der Waals surface area contributed by atoms with Crippen LogP contribution < -0.4 is 70.4 Å². The number of fused-ring (bicyclic) bond motifs is 4. The van der Waals surface area contributed by atoms with Crippen molar-refractivity contribution in [2.45, 2.75) is 229 Å². The van der Waals surface area contributed by atoms with E-state index >= 15 is 28.8 Å². The van der Waals surface area contributed by atoms with Crippen LogP contribution in [0.5, 0.6) is 5.75 Å². The molecule has 3 saturated heterocycles. The molecule has 127 heavy (non-hydrogen) atoms. The highest BCUT2D eigenvalue weighted by Gasteiger charge is 2.45. The minimum Gasteiger partial charge on any atom is -0.508 e. The van der Waals surface area contributed by atoms with Crippen LogP contribution in [0.3, 0.4) is 0 Å². The number of phenols is 1. The van der Waals surface area contributed by atoms with Crippen molar-refractivity contribution in [1.82, 2.24) is 87.6 Å². The number of thioether (sulfide) groups is 1. The number of nitrogens with zero attached hydrogens (tertiary/aromatic N) is 5. The van der Waals surface area contributed by atoms with Gasteiger partial charge in [0.2, 0.25) is 106 Å². The second kappa shape index (κ2) is 47.0. The molecule has 41 heteroatoms. The number of H-pyrrole nitrogens is 2. The standard InChI is InChI=1S/C86H120N20O20S/c1-10-12-24-65-79(119)93-47(5)73(113)101-64(75(115)92-42-71(89)111)44-127-45-72(112)94-60(35-49-28-30-52(108)31-29-49)82(122)102(7)48(6)74(114)97-62(39-70(88)110)85(125)106-33-19-27-67(106)81(121)96-58(38-69(87)109)77(117)98-59(34-46(3)4)84(124)105-32-18-26-66(105)80(120)95-57(36-50-40-90-55-22-16-14-20-53(50)55)76(116)100-63(43-107)78(118)99-61(37-51-41-91-56-23-17-15-21-54(51)56)83(123)104(9)68(25-13-11-2)86(126)103(65)8/h14-17,20-23,28-31,40-41,46-48,57-68,90-91,107-108H,10-13,18-19,24-27,32-39,42-45H2,1-9H3,(H2,87,109)(H2,88,110)(H2,89,111)(H,92,115)(H,93,119)(H,94,112)(H,95,120)(H,96,121)(H,97,114)(H,98,117)(H,99,118)(H,100,116)(H,101,113)/t47-,48-,57-,58-,59?,60-,61-,62-,63-,64?,65-,66-,67-,68-/m0/s1. The van der Waals surface area contributed by atoms with Gasteiger partial charge in [-0.1, -0.05) is 102 Å². The smallest absolute Gasteiger partial charge is 0.246 e. The highest BCUT2D eigenvalue weighted by Crippen LogP contribution is 2.28. The van der Waals surface area contributed by atoms with Gasteiger partial charge in [-0.25, -0.2) is 0 Å². The summed E-state index contributed by atoms with van der Waals surface area (Å²) in [6, 6.07) is -1.73. The van der Waals surface area contributed by atoms with Gasteiger partial charge in [-0.3, -0.25) is 86.3 Å². The fourth-order valence-electron chi connectivity index (χ4n) is 15.7. The summed E-state index contributed by atoms with van der Waals surface area (Å²) in [6.07, 6.45) is 2.92. The van der Waals surface area contributed by atoms with Gasteiger partial charge in [-0.2, -0.15) is 0 Å². The Bertz CT molecular complexity index is 4830. The molecule has 0 saturated carbocycles. The first-order chi connectivity index (χ1) is 60.3. The van der Waals surface area contributed by atoms with Crippen LogP contribution in [0.1, 0.15) is 142 Å². The van der Waals surface area contributed by atoms with Crippen molar-refractivity contribution in [3.8, 4) is 5.75 Å². The second-order valence-corrected chi connectivity index (χ2v) is 33.9. The summed E-state index contributed by atoms with van der Waals surface area (Å²) in [5, 5.41) is 48.5. The molecule has 0 bridgehead atoms. The van der Waals surface area contributed by atoms with E-state index in [0.29, 0.717) is 64.2 Å². The third kappa shape index (κ3) is 27.4. The molecular formula is C86H120N20O20S. The molecule has 14 atom stereocenters. The summed E-state index contributed by atoms with van der Waals surface area (Å²) in [7, 11) is 3.92. The lowest BCUT2D eigenvalue weighted by atomic mass is 10.00. The summed E-state index contributed by atoms with van der Waals surface area (Å²) in [6.45, 7) is 7.77. The maximum absolute atomic E-state index is 15.6. The van der Waals surface area contributed by atoms with Crippen LogP contribution in [0.2, 0.25) is 0 Å². The van der Waals surface area contributed by atoms with Crippen LogP contribution in [-0.2, 0) is 106 Å². The van der Waals surface area contributed by atoms with Gasteiger partial charge in [-0.05, 0) is 106 Å². The van der Waals surface area contributed by atoms with Gasteiger partial charge in [0.1, 0.15) is 90.3 Å². The Morgan fingerprint density at radius 1 is 0.496 bits per heavy atom. The molecule has 5 aromatic rings. The lowest BCUT2D eigenvalue weighted by Crippen LogP contribution is -2.61. The van der Waals surface area contributed by atoms with Crippen molar-refractivity contribution in [1.29, 1.82) is 0 Å². The Labute approximate surface area is 739 Å². The van der Waals surface area contributed by atoms with Crippen LogP contribution in [0.15, 0.2) is 85.2 Å². The van der Waals surface area contributed by atoms with E-state index in [9.17, 15) is 67.7 Å². The zero-order chi connectivity index (χ0) is 93.2. The normalized spacial score (nSPS) is 25.0. The summed E-state index contributed by atoms with van der Waals surface area (Å²) in [5.74, 6) is -18.4. The molecule has 2 aromatic heterocycles. The molecule has 3 aromatic carbocycles. The topological polar surface area (TPSA) is 594 Å². The van der Waals surface area contributed by atoms with Crippen molar-refractivity contribution in [2.75, 3.05) is 58.9 Å². The van der Waals surface area contributed by atoms with E-state index in [0.717, 1.165) is 31.4 Å². The largest absolute Gasteiger partial charge is 0.508 e. The number of aromatic nitrogens is 2. The number of phenolic OH excluding ortho intramolecular Hbond substituents is 1. The first-order valence-corrected chi connectivity index (χ1v) is 43.8. The SMILES string of the molecule is CCCC[C@H]1C(=O)N(C)[C@@H](CCCC)C(=O)N[C@@H](C)C(=O)NC(C(=O)NCC(N)=O)CSCC(=O)N[C@@H](Cc2ccc(O)cc2)C(=O)N(C)[C@@H](C)C(=O)N[C@@H](CC(N)=O)C(=O)N2CCC[C@H]2C(=O)N[C@@H](CC(N)=O)C(=O)NC(CC(C)C)C(=O)N2CCC[C@H]2C(=O)N[C@@H](Cc2c[nH]c3ccccc23)C(=O)N[C@@H](CO)C(=O)N[C@@H](Cc2c[nH]c3ccccc23)C(=O)N1C. The van der Waals surface area contributed by atoms with Gasteiger partial charge in [0.05, 0.1) is 31.7 Å². The number of hydrogen-bond donors (Lipinski definition) is 17. The highest BCUT2D eigenvalue weighted by molar-refractivity contribution is 8.00. The Balaban J connectivity index is 1.16. The molecule has 0 aliphatic carbocycles. The van der Waals surface area contributed by atoms with E-state index in [1.807, 2.05) is 13.8 Å². The molecule has 0 spiro atoms. The number of aliphatic hydroxyl groups excluding tert-OH is 1. The molecule has 20 N–H and O–H groups in total. The number of likely N-dealkylation sites (N-methyl/N-ethyl adjacent to an activating group) is 3. The third-order valence-corrected chi connectivity index (χ3v) is 23.9. The van der Waals surface area contributed by atoms with Crippen LogP contribution in [0.4, 0.5) is 0 Å². The lowest BCUT2D eigenvalue weighted by Gasteiger charge is -2.36. The zero-order valence-electron chi connectivity index (χ0n) is 72.9. The number of aliphatic hydroxyl groups is 1. The number of nitrogens with two attached hydrogens (primary N) is 3. The molecule has 3 aliphatic heterocycles. The van der Waals surface area contributed by atoms with Gasteiger partial charge in [-0.15, -0.1) is 11.8 Å². The summed E-state index contributed by atoms with van der Waals surface area (Å²) < 4.78 is 0. The maximum Gasteiger partial charge on any atom is 0.246 e. The fraction of sp³-hybridized carbons (Fsp3) is 0.535. The van der Waals surface area contributed by atoms with E-state index in [1.54, 1.807) is 74.8 Å². The molecule has 8 rings (SSSR count). The number of para-hydroxylation sites is 2. The minimum atomic E-state index is -1.85. The average molecular weight is 1790 g/mol. The molecule has 690 valence electrons. The number of rotatable bonds is 22. The van der Waals surface area contributed by atoms with Gasteiger partial charge in [0.25, 0.3) is 0 Å². The highest BCUT2D eigenvalue weighted by atomic mass is 32.2. The van der Waals surface area contributed by atoms with Crippen molar-refractivity contribution in [2.24, 2.45) is 23.1 Å². The van der Waals surface area contributed by atoms with Crippen LogP contribution in [0, 0.1) is 5.92 Å². The van der Waals surface area contributed by atoms with Gasteiger partial charge >= 0.3 is 0 Å². The Kier molecular flexibility index (Phi) is 36.9. The van der Waals surface area contributed by atoms with Crippen LogP contribution in [0.25, 0.3) is 21.8 Å². The first kappa shape index (κ1) is 99.7.